The number of hydrogen-bond donors (Lipinski definition) is 1. The van der Waals surface area contributed by atoms with Crippen molar-refractivity contribution in [2.75, 3.05) is 31.9 Å². The number of methoxy groups -OCH3 is 2. The van der Waals surface area contributed by atoms with Gasteiger partial charge in [0.15, 0.2) is 5.16 Å². The highest BCUT2D eigenvalue weighted by Crippen LogP contribution is 2.27. The molecule has 1 N–H and O–H groups in total. The van der Waals surface area contributed by atoms with Crippen LogP contribution in [0.5, 0.6) is 5.75 Å². The maximum Gasteiger partial charge on any atom is 0.262 e. The fourth-order valence-corrected chi connectivity index (χ4v) is 3.98. The number of rotatable bonds is 9. The largest absolute Gasteiger partial charge is 0.495 e. The highest BCUT2D eigenvalue weighted by Gasteiger charge is 2.14. The smallest absolute Gasteiger partial charge is 0.262 e. The zero-order valence-electron chi connectivity index (χ0n) is 16.7. The number of anilines is 1. The number of thioether (sulfide) groups is 1. The molecule has 0 aliphatic heterocycles. The van der Waals surface area contributed by atoms with E-state index in [1.54, 1.807) is 42.0 Å². The van der Waals surface area contributed by atoms with Crippen LogP contribution in [0.15, 0.2) is 52.4 Å². The lowest BCUT2D eigenvalue weighted by Gasteiger charge is -2.13. The first-order valence-electron chi connectivity index (χ1n) is 9.28. The van der Waals surface area contributed by atoms with Crippen LogP contribution in [0.2, 0.25) is 5.02 Å². The number of ether oxygens (including phenoxy) is 2. The van der Waals surface area contributed by atoms with E-state index in [1.807, 2.05) is 12.1 Å². The molecule has 1 aromatic heterocycles. The molecule has 3 rings (SSSR count). The number of hydrogen-bond acceptors (Lipinski definition) is 6. The van der Waals surface area contributed by atoms with Crippen LogP contribution in [-0.2, 0) is 16.1 Å². The Hall–Kier alpha value is -2.55. The van der Waals surface area contributed by atoms with Gasteiger partial charge in [0.05, 0.1) is 28.8 Å². The predicted octanol–water partition coefficient (Wildman–Crippen LogP) is 3.83. The summed E-state index contributed by atoms with van der Waals surface area (Å²) in [4.78, 5) is 29.9. The fourth-order valence-electron chi connectivity index (χ4n) is 2.89. The Kier molecular flexibility index (Phi) is 7.73. The molecule has 0 unspecified atom stereocenters. The summed E-state index contributed by atoms with van der Waals surface area (Å²) >= 11 is 7.31. The van der Waals surface area contributed by atoms with Crippen LogP contribution in [0.1, 0.15) is 6.42 Å². The maximum atomic E-state index is 12.9. The molecule has 158 valence electrons. The zero-order valence-corrected chi connectivity index (χ0v) is 18.3. The Morgan fingerprint density at radius 3 is 2.77 bits per heavy atom. The number of nitrogens with zero attached hydrogens (tertiary/aromatic N) is 2. The summed E-state index contributed by atoms with van der Waals surface area (Å²) < 4.78 is 11.8. The van der Waals surface area contributed by atoms with E-state index in [1.165, 1.54) is 18.9 Å². The second kappa shape index (κ2) is 10.5. The molecular weight excluding hydrogens is 426 g/mol. The van der Waals surface area contributed by atoms with E-state index in [0.29, 0.717) is 52.1 Å². The van der Waals surface area contributed by atoms with Crippen molar-refractivity contribution in [1.82, 2.24) is 9.55 Å². The summed E-state index contributed by atoms with van der Waals surface area (Å²) in [5, 5.41) is 4.25. The maximum absolute atomic E-state index is 12.9. The fraction of sp³-hybridized carbons (Fsp3) is 0.286. The number of carbonyl (C=O) groups excluding carboxylic acids is 1. The van der Waals surface area contributed by atoms with Crippen molar-refractivity contribution in [2.45, 2.75) is 18.1 Å². The molecule has 0 atom stereocenters. The van der Waals surface area contributed by atoms with E-state index in [0.717, 1.165) is 0 Å². The van der Waals surface area contributed by atoms with E-state index in [9.17, 15) is 9.59 Å². The van der Waals surface area contributed by atoms with Crippen molar-refractivity contribution < 1.29 is 14.3 Å². The zero-order chi connectivity index (χ0) is 21.5. The first kappa shape index (κ1) is 22.1. The summed E-state index contributed by atoms with van der Waals surface area (Å²) in [5.41, 5.74) is 1.05. The molecule has 3 aromatic rings. The van der Waals surface area contributed by atoms with E-state index < -0.39 is 0 Å². The quantitative estimate of drug-likeness (QED) is 0.305. The second-order valence-electron chi connectivity index (χ2n) is 6.40. The third-order valence-corrected chi connectivity index (χ3v) is 5.60. The van der Waals surface area contributed by atoms with Gasteiger partial charge in [-0.25, -0.2) is 4.98 Å². The van der Waals surface area contributed by atoms with Gasteiger partial charge in [-0.1, -0.05) is 35.5 Å². The van der Waals surface area contributed by atoms with Gasteiger partial charge in [0.25, 0.3) is 5.56 Å². The molecule has 0 radical (unpaired) electrons. The molecule has 0 saturated carbocycles. The predicted molar refractivity (Wildman–Crippen MR) is 120 cm³/mol. The Bertz CT molecular complexity index is 1100. The molecule has 0 bridgehead atoms. The van der Waals surface area contributed by atoms with Crippen molar-refractivity contribution in [1.29, 1.82) is 0 Å². The Morgan fingerprint density at radius 2 is 2.03 bits per heavy atom. The molecule has 30 heavy (non-hydrogen) atoms. The van der Waals surface area contributed by atoms with Gasteiger partial charge in [-0.3, -0.25) is 14.2 Å². The molecule has 1 heterocycles. The first-order valence-corrected chi connectivity index (χ1v) is 10.6. The lowest BCUT2D eigenvalue weighted by molar-refractivity contribution is -0.113. The number of benzene rings is 2. The van der Waals surface area contributed by atoms with Crippen molar-refractivity contribution in [3.8, 4) is 5.75 Å². The number of carbonyl (C=O) groups is 1. The summed E-state index contributed by atoms with van der Waals surface area (Å²) in [6.07, 6.45) is 0.667. The van der Waals surface area contributed by atoms with Crippen molar-refractivity contribution in [3.63, 3.8) is 0 Å². The summed E-state index contributed by atoms with van der Waals surface area (Å²) in [7, 11) is 3.14. The van der Waals surface area contributed by atoms with E-state index >= 15 is 0 Å². The average Bonchev–Trinajstić information content (AvgIpc) is 2.74. The number of amides is 1. The number of para-hydroxylation sites is 1. The van der Waals surface area contributed by atoms with Crippen LogP contribution in [0.25, 0.3) is 10.9 Å². The van der Waals surface area contributed by atoms with Crippen LogP contribution >= 0.6 is 23.4 Å². The average molecular weight is 448 g/mol. The molecule has 0 aliphatic rings. The lowest BCUT2D eigenvalue weighted by atomic mass is 10.2. The Morgan fingerprint density at radius 1 is 1.23 bits per heavy atom. The standard InChI is InChI=1S/C21H22ClN3O4S/c1-28-11-5-10-25-20(27)15-6-3-4-7-17(15)24-21(25)30-13-19(26)23-14-8-9-18(29-2)16(22)12-14/h3-4,6-9,12H,5,10-11,13H2,1-2H3,(H,23,26). The monoisotopic (exact) mass is 447 g/mol. The van der Waals surface area contributed by atoms with Gasteiger partial charge >= 0.3 is 0 Å². The highest BCUT2D eigenvalue weighted by molar-refractivity contribution is 7.99. The van der Waals surface area contributed by atoms with Crippen molar-refractivity contribution >= 4 is 45.9 Å². The summed E-state index contributed by atoms with van der Waals surface area (Å²) in [6, 6.07) is 12.2. The third-order valence-electron chi connectivity index (χ3n) is 4.32. The summed E-state index contributed by atoms with van der Waals surface area (Å²) in [6.45, 7) is 0.991. The minimum absolute atomic E-state index is 0.0959. The molecule has 0 aliphatic carbocycles. The number of nitrogens with one attached hydrogen (secondary N) is 1. The molecule has 9 heteroatoms. The normalized spacial score (nSPS) is 10.9. The van der Waals surface area contributed by atoms with E-state index in [2.05, 4.69) is 10.3 Å². The van der Waals surface area contributed by atoms with Gasteiger partial charge in [0.1, 0.15) is 5.75 Å². The van der Waals surface area contributed by atoms with Crippen molar-refractivity contribution in [2.24, 2.45) is 0 Å². The number of fused-ring (bicyclic) bond motifs is 1. The van der Waals surface area contributed by atoms with Crippen LogP contribution in [0, 0.1) is 0 Å². The number of aromatic nitrogens is 2. The van der Waals surface area contributed by atoms with Gasteiger partial charge < -0.3 is 14.8 Å². The third kappa shape index (κ3) is 5.33. The van der Waals surface area contributed by atoms with Crippen LogP contribution in [0.4, 0.5) is 5.69 Å². The Labute approximate surface area is 183 Å². The highest BCUT2D eigenvalue weighted by atomic mass is 35.5. The Balaban J connectivity index is 1.76. The van der Waals surface area contributed by atoms with Gasteiger partial charge in [0.2, 0.25) is 5.91 Å². The molecule has 0 fully saturated rings. The minimum atomic E-state index is -0.230. The summed E-state index contributed by atoms with van der Waals surface area (Å²) in [5.74, 6) is 0.398. The number of halogens is 1. The topological polar surface area (TPSA) is 82.4 Å². The van der Waals surface area contributed by atoms with E-state index in [-0.39, 0.29) is 17.2 Å². The van der Waals surface area contributed by atoms with Crippen LogP contribution in [0.3, 0.4) is 0 Å². The second-order valence-corrected chi connectivity index (χ2v) is 7.75. The molecule has 0 saturated heterocycles. The van der Waals surface area contributed by atoms with E-state index in [4.69, 9.17) is 21.1 Å². The SMILES string of the molecule is COCCCn1c(SCC(=O)Nc2ccc(OC)c(Cl)c2)nc2ccccc2c1=O. The molecule has 1 amide bonds. The van der Waals surface area contributed by atoms with Gasteiger partial charge in [-0.15, -0.1) is 0 Å². The van der Waals surface area contributed by atoms with Crippen LogP contribution in [-0.4, -0.2) is 42.0 Å². The van der Waals surface area contributed by atoms with Gasteiger partial charge in [-0.2, -0.15) is 0 Å². The first-order chi connectivity index (χ1) is 14.5. The molecule has 7 nitrogen and oxygen atoms in total. The molecule has 2 aromatic carbocycles. The van der Waals surface area contributed by atoms with Crippen LogP contribution < -0.4 is 15.6 Å². The molecular formula is C21H22ClN3O4S. The lowest BCUT2D eigenvalue weighted by Crippen LogP contribution is -2.25. The van der Waals surface area contributed by atoms with Gasteiger partial charge in [0, 0.05) is 25.9 Å². The minimum Gasteiger partial charge on any atom is -0.495 e. The van der Waals surface area contributed by atoms with Gasteiger partial charge in [-0.05, 0) is 36.8 Å². The molecule has 0 spiro atoms. The van der Waals surface area contributed by atoms with Crippen molar-refractivity contribution in [3.05, 3.63) is 57.8 Å².